The third-order valence-corrected chi connectivity index (χ3v) is 3.65. The summed E-state index contributed by atoms with van der Waals surface area (Å²) in [6.07, 6.45) is 0.263. The molecule has 0 amide bonds. The van der Waals surface area contributed by atoms with Gasteiger partial charge >= 0.3 is 11.9 Å². The van der Waals surface area contributed by atoms with Crippen molar-refractivity contribution < 1.29 is 24.2 Å². The maximum atomic E-state index is 11.5. The van der Waals surface area contributed by atoms with Crippen LogP contribution in [0.1, 0.15) is 22.5 Å². The molecule has 1 saturated heterocycles. The fourth-order valence-corrected chi connectivity index (χ4v) is 2.49. The number of esters is 1. The number of carbonyl (C=O) groups excluding carboxylic acids is 1. The number of rotatable bonds is 4. The summed E-state index contributed by atoms with van der Waals surface area (Å²) >= 11 is 0. The summed E-state index contributed by atoms with van der Waals surface area (Å²) in [4.78, 5) is 28.9. The molecule has 0 radical (unpaired) electrons. The van der Waals surface area contributed by atoms with E-state index < -0.39 is 18.0 Å². The van der Waals surface area contributed by atoms with Crippen LogP contribution in [0.2, 0.25) is 0 Å². The molecule has 7 heteroatoms. The molecule has 1 aromatic heterocycles. The topological polar surface area (TPSA) is 89.0 Å². The Morgan fingerprint density at radius 1 is 1.38 bits per heavy atom. The van der Waals surface area contributed by atoms with Crippen LogP contribution in [0.4, 0.5) is 5.82 Å². The number of carbonyl (C=O) groups is 2. The van der Waals surface area contributed by atoms with Crippen molar-refractivity contribution >= 4 is 17.8 Å². The van der Waals surface area contributed by atoms with Crippen LogP contribution < -0.4 is 4.90 Å². The summed E-state index contributed by atoms with van der Waals surface area (Å²) in [6.45, 7) is 2.15. The Kier molecular flexibility index (Phi) is 4.42. The third-order valence-electron chi connectivity index (χ3n) is 3.65. The minimum absolute atomic E-state index is 0.145. The smallest absolute Gasteiger partial charge is 0.339 e. The van der Waals surface area contributed by atoms with Gasteiger partial charge in [-0.3, -0.25) is 0 Å². The molecule has 0 spiro atoms. The molecule has 21 heavy (non-hydrogen) atoms. The summed E-state index contributed by atoms with van der Waals surface area (Å²) in [5, 5.41) is 9.31. The lowest BCUT2D eigenvalue weighted by Gasteiger charge is -2.23. The molecule has 114 valence electrons. The molecule has 0 bridgehead atoms. The first-order chi connectivity index (χ1) is 9.97. The molecule has 2 rings (SSSR count). The molecule has 0 aliphatic carbocycles. The fourth-order valence-electron chi connectivity index (χ4n) is 2.49. The van der Waals surface area contributed by atoms with Crippen molar-refractivity contribution in [2.24, 2.45) is 0 Å². The van der Waals surface area contributed by atoms with Crippen LogP contribution in [0.15, 0.2) is 12.1 Å². The number of aliphatic carboxylic acids is 1. The summed E-state index contributed by atoms with van der Waals surface area (Å²) in [6, 6.07) is 2.56. The standard InChI is InChI=1S/C14H18N2O5/c1-8-10(14(19)21-3)4-5-12(15-8)16-7-9(20-2)6-11(16)13(17)18/h4-5,9,11H,6-7H2,1-3H3,(H,17,18). The highest BCUT2D eigenvalue weighted by Crippen LogP contribution is 2.26. The van der Waals surface area contributed by atoms with Crippen LogP contribution in [-0.4, -0.2) is 54.9 Å². The van der Waals surface area contributed by atoms with E-state index in [1.165, 1.54) is 7.11 Å². The summed E-state index contributed by atoms with van der Waals surface area (Å²) in [7, 11) is 2.87. The van der Waals surface area contributed by atoms with Gasteiger partial charge in [0.2, 0.25) is 0 Å². The van der Waals surface area contributed by atoms with Crippen molar-refractivity contribution in [3.63, 3.8) is 0 Å². The SMILES string of the molecule is COC(=O)c1ccc(N2CC(OC)CC2C(=O)O)nc1C. The van der Waals surface area contributed by atoms with Crippen LogP contribution in [0.5, 0.6) is 0 Å². The molecular formula is C14H18N2O5. The Hall–Kier alpha value is -2.15. The van der Waals surface area contributed by atoms with Crippen molar-refractivity contribution in [2.45, 2.75) is 25.5 Å². The number of nitrogens with zero attached hydrogens (tertiary/aromatic N) is 2. The molecule has 0 aromatic carbocycles. The van der Waals surface area contributed by atoms with Gasteiger partial charge in [-0.15, -0.1) is 0 Å². The van der Waals surface area contributed by atoms with Gasteiger partial charge in [0.15, 0.2) is 0 Å². The minimum Gasteiger partial charge on any atom is -0.480 e. The summed E-state index contributed by atoms with van der Waals surface area (Å²) < 4.78 is 9.92. The Morgan fingerprint density at radius 2 is 2.10 bits per heavy atom. The first kappa shape index (κ1) is 15.2. The number of anilines is 1. The van der Waals surface area contributed by atoms with Crippen LogP contribution in [-0.2, 0) is 14.3 Å². The highest BCUT2D eigenvalue weighted by atomic mass is 16.5. The van der Waals surface area contributed by atoms with Gasteiger partial charge in [-0.2, -0.15) is 0 Å². The molecule has 2 atom stereocenters. The average molecular weight is 294 g/mol. The second-order valence-corrected chi connectivity index (χ2v) is 4.89. The maximum absolute atomic E-state index is 11.5. The molecule has 1 aliphatic rings. The van der Waals surface area contributed by atoms with Crippen molar-refractivity contribution in [2.75, 3.05) is 25.7 Å². The molecule has 2 heterocycles. The second kappa shape index (κ2) is 6.09. The van der Waals surface area contributed by atoms with E-state index in [0.29, 0.717) is 30.0 Å². The number of carboxylic acids is 1. The lowest BCUT2D eigenvalue weighted by molar-refractivity contribution is -0.138. The number of aryl methyl sites for hydroxylation is 1. The van der Waals surface area contributed by atoms with Crippen molar-refractivity contribution in [1.29, 1.82) is 0 Å². The first-order valence-electron chi connectivity index (χ1n) is 6.56. The number of aromatic nitrogens is 1. The second-order valence-electron chi connectivity index (χ2n) is 4.89. The van der Waals surface area contributed by atoms with Crippen LogP contribution in [0.3, 0.4) is 0 Å². The lowest BCUT2D eigenvalue weighted by Crippen LogP contribution is -2.36. The predicted octanol–water partition coefficient (Wildman–Crippen LogP) is 0.855. The minimum atomic E-state index is -0.911. The summed E-state index contributed by atoms with van der Waals surface area (Å²) in [5.41, 5.74) is 0.875. The van der Waals surface area contributed by atoms with E-state index in [-0.39, 0.29) is 6.10 Å². The maximum Gasteiger partial charge on any atom is 0.339 e. The molecule has 1 fully saturated rings. The van der Waals surface area contributed by atoms with Gasteiger partial charge < -0.3 is 19.5 Å². The largest absolute Gasteiger partial charge is 0.480 e. The zero-order valence-electron chi connectivity index (χ0n) is 12.2. The quantitative estimate of drug-likeness (QED) is 0.823. The van der Waals surface area contributed by atoms with Crippen molar-refractivity contribution in [3.05, 3.63) is 23.4 Å². The van der Waals surface area contributed by atoms with E-state index in [0.717, 1.165) is 0 Å². The monoisotopic (exact) mass is 294 g/mol. The zero-order valence-corrected chi connectivity index (χ0v) is 12.2. The van der Waals surface area contributed by atoms with Crippen molar-refractivity contribution in [1.82, 2.24) is 4.98 Å². The normalized spacial score (nSPS) is 21.4. The number of methoxy groups -OCH3 is 2. The Morgan fingerprint density at radius 3 is 2.62 bits per heavy atom. The van der Waals surface area contributed by atoms with Crippen molar-refractivity contribution in [3.8, 4) is 0 Å². The van der Waals surface area contributed by atoms with E-state index >= 15 is 0 Å². The van der Waals surface area contributed by atoms with E-state index in [1.54, 1.807) is 31.1 Å². The zero-order chi connectivity index (χ0) is 15.6. The molecule has 2 unspecified atom stereocenters. The van der Waals surface area contributed by atoms with Gasteiger partial charge in [0.1, 0.15) is 11.9 Å². The van der Waals surface area contributed by atoms with Gasteiger partial charge in [-0.25, -0.2) is 14.6 Å². The molecule has 1 aromatic rings. The number of pyridine rings is 1. The van der Waals surface area contributed by atoms with Gasteiger partial charge in [0.25, 0.3) is 0 Å². The van der Waals surface area contributed by atoms with Crippen LogP contribution in [0, 0.1) is 6.92 Å². The van der Waals surface area contributed by atoms with E-state index in [9.17, 15) is 14.7 Å². The van der Waals surface area contributed by atoms with Crippen LogP contribution >= 0.6 is 0 Å². The fraction of sp³-hybridized carbons (Fsp3) is 0.500. The number of carboxylic acid groups (broad SMARTS) is 1. The Bertz CT molecular complexity index is 560. The number of hydrogen-bond donors (Lipinski definition) is 1. The third kappa shape index (κ3) is 2.97. The van der Waals surface area contributed by atoms with Crippen LogP contribution in [0.25, 0.3) is 0 Å². The van der Waals surface area contributed by atoms with Gasteiger partial charge in [-0.05, 0) is 19.1 Å². The molecule has 1 aliphatic heterocycles. The lowest BCUT2D eigenvalue weighted by atomic mass is 10.2. The number of hydrogen-bond acceptors (Lipinski definition) is 6. The van der Waals surface area contributed by atoms with E-state index in [1.807, 2.05) is 0 Å². The highest BCUT2D eigenvalue weighted by Gasteiger charge is 2.37. The Balaban J connectivity index is 2.30. The molecule has 1 N–H and O–H groups in total. The molecular weight excluding hydrogens is 276 g/mol. The van der Waals surface area contributed by atoms with Gasteiger partial charge in [0.05, 0.1) is 24.5 Å². The summed E-state index contributed by atoms with van der Waals surface area (Å²) in [5.74, 6) is -0.851. The van der Waals surface area contributed by atoms with Gasteiger partial charge in [0, 0.05) is 20.1 Å². The highest BCUT2D eigenvalue weighted by molar-refractivity contribution is 5.90. The van der Waals surface area contributed by atoms with E-state index in [2.05, 4.69) is 9.72 Å². The van der Waals surface area contributed by atoms with Gasteiger partial charge in [-0.1, -0.05) is 0 Å². The number of ether oxygens (including phenoxy) is 2. The molecule has 0 saturated carbocycles. The predicted molar refractivity (Wildman–Crippen MR) is 74.5 cm³/mol. The van der Waals surface area contributed by atoms with E-state index in [4.69, 9.17) is 4.74 Å². The Labute approximate surface area is 122 Å². The first-order valence-corrected chi connectivity index (χ1v) is 6.56. The average Bonchev–Trinajstić information content (AvgIpc) is 2.91. The molecule has 7 nitrogen and oxygen atoms in total.